The van der Waals surface area contributed by atoms with Crippen LogP contribution in [0.5, 0.6) is 5.75 Å². The van der Waals surface area contributed by atoms with Crippen LogP contribution >= 0.6 is 23.2 Å². The Balaban J connectivity index is 0.00000272. The summed E-state index contributed by atoms with van der Waals surface area (Å²) in [6, 6.07) is 12.9. The summed E-state index contributed by atoms with van der Waals surface area (Å²) in [5.41, 5.74) is 1.68. The zero-order valence-corrected chi connectivity index (χ0v) is 20.0. The van der Waals surface area contributed by atoms with E-state index < -0.39 is 11.8 Å². The summed E-state index contributed by atoms with van der Waals surface area (Å²) in [5, 5.41) is 12.6. The van der Waals surface area contributed by atoms with Gasteiger partial charge in [-0.2, -0.15) is 0 Å². The van der Waals surface area contributed by atoms with E-state index in [2.05, 4.69) is 4.98 Å². The molecule has 0 atom stereocenters. The molecule has 2 aromatic heterocycles. The van der Waals surface area contributed by atoms with Gasteiger partial charge in [0.05, 0.1) is 23.7 Å². The largest absolute Gasteiger partial charge is 1.00 e. The Labute approximate surface area is 209 Å². The van der Waals surface area contributed by atoms with Gasteiger partial charge in [-0.15, -0.1) is 0 Å². The maximum absolute atomic E-state index is 14.1. The monoisotopic (exact) mass is 466 g/mol. The van der Waals surface area contributed by atoms with Crippen LogP contribution in [0.3, 0.4) is 0 Å². The molecular weight excluding hydrogens is 453 g/mol. The molecule has 0 saturated carbocycles. The SMILES string of the molecule is O=C([O-])c1nccc2c1ccn2Cc1cc(Cl)ccc1OCc1ccc(Cl)cc1F.[Na+]. The number of hydrogen-bond acceptors (Lipinski definition) is 4. The molecule has 5 nitrogen and oxygen atoms in total. The molecule has 0 fully saturated rings. The van der Waals surface area contributed by atoms with Crippen molar-refractivity contribution in [3.8, 4) is 5.75 Å². The first-order valence-electron chi connectivity index (χ1n) is 8.93. The van der Waals surface area contributed by atoms with Crippen LogP contribution in [0, 0.1) is 5.82 Å². The van der Waals surface area contributed by atoms with Crippen molar-refractivity contribution in [2.75, 3.05) is 0 Å². The fraction of sp³-hybridized carbons (Fsp3) is 0.0909. The molecule has 0 aliphatic heterocycles. The van der Waals surface area contributed by atoms with Gasteiger partial charge in [0.15, 0.2) is 0 Å². The van der Waals surface area contributed by atoms with E-state index >= 15 is 0 Å². The first kappa shape index (κ1) is 23.6. The van der Waals surface area contributed by atoms with Crippen LogP contribution in [0.1, 0.15) is 21.6 Å². The standard InChI is InChI=1S/C22H15Cl2FN2O3.Na/c23-15-3-4-20(30-12-13-1-2-16(24)10-18(13)25)14(9-15)11-27-8-6-17-19(27)5-7-26-21(17)22(28)29;/h1-10H,11-12H2,(H,28,29);/q;+1/p-1. The number of halogens is 3. The molecule has 0 aliphatic rings. The zero-order valence-electron chi connectivity index (χ0n) is 16.4. The van der Waals surface area contributed by atoms with Crippen LogP contribution in [-0.4, -0.2) is 15.5 Å². The topological polar surface area (TPSA) is 67.2 Å². The molecule has 0 unspecified atom stereocenters. The van der Waals surface area contributed by atoms with Crippen LogP contribution in [-0.2, 0) is 13.2 Å². The number of ether oxygens (including phenoxy) is 1. The molecule has 2 heterocycles. The number of carboxylic acid groups (broad SMARTS) is 1. The second-order valence-corrected chi connectivity index (χ2v) is 7.47. The molecule has 152 valence electrons. The van der Waals surface area contributed by atoms with Gasteiger partial charge in [0.2, 0.25) is 0 Å². The van der Waals surface area contributed by atoms with Crippen molar-refractivity contribution in [2.24, 2.45) is 0 Å². The average molecular weight is 467 g/mol. The summed E-state index contributed by atoms with van der Waals surface area (Å²) < 4.78 is 21.8. The van der Waals surface area contributed by atoms with Gasteiger partial charge in [0, 0.05) is 39.0 Å². The number of hydrogen-bond donors (Lipinski definition) is 0. The average Bonchev–Trinajstić information content (AvgIpc) is 3.11. The Morgan fingerprint density at radius 3 is 2.55 bits per heavy atom. The van der Waals surface area contributed by atoms with E-state index in [4.69, 9.17) is 27.9 Å². The molecule has 4 rings (SSSR count). The van der Waals surface area contributed by atoms with Gasteiger partial charge >= 0.3 is 29.6 Å². The molecule has 0 aliphatic carbocycles. The van der Waals surface area contributed by atoms with Gasteiger partial charge in [0.25, 0.3) is 0 Å². The van der Waals surface area contributed by atoms with E-state index in [1.54, 1.807) is 48.7 Å². The van der Waals surface area contributed by atoms with E-state index in [-0.39, 0.29) is 41.9 Å². The third kappa shape index (κ3) is 5.22. The van der Waals surface area contributed by atoms with Crippen molar-refractivity contribution in [2.45, 2.75) is 13.2 Å². The molecule has 0 spiro atoms. The third-order valence-corrected chi connectivity index (χ3v) is 5.12. The normalized spacial score (nSPS) is 10.7. The summed E-state index contributed by atoms with van der Waals surface area (Å²) in [4.78, 5) is 15.2. The van der Waals surface area contributed by atoms with Gasteiger partial charge in [-0.1, -0.05) is 29.3 Å². The number of carbonyl (C=O) groups excluding carboxylic acids is 1. The van der Waals surface area contributed by atoms with Crippen molar-refractivity contribution in [1.29, 1.82) is 0 Å². The molecule has 2 aromatic carbocycles. The number of aromatic nitrogens is 2. The minimum atomic E-state index is -1.34. The second-order valence-electron chi connectivity index (χ2n) is 6.60. The quantitative estimate of drug-likeness (QED) is 0.403. The molecule has 4 aromatic rings. The fourth-order valence-corrected chi connectivity index (χ4v) is 3.57. The minimum absolute atomic E-state index is 0. The summed E-state index contributed by atoms with van der Waals surface area (Å²) in [5.74, 6) is -1.25. The third-order valence-electron chi connectivity index (χ3n) is 4.65. The predicted molar refractivity (Wildman–Crippen MR) is 110 cm³/mol. The van der Waals surface area contributed by atoms with Crippen LogP contribution in [0.4, 0.5) is 4.39 Å². The molecule has 0 amide bonds. The summed E-state index contributed by atoms with van der Waals surface area (Å²) in [7, 11) is 0. The number of nitrogens with zero attached hydrogens (tertiary/aromatic N) is 2. The van der Waals surface area contributed by atoms with Gasteiger partial charge < -0.3 is 19.2 Å². The first-order valence-corrected chi connectivity index (χ1v) is 9.68. The van der Waals surface area contributed by atoms with Crippen LogP contribution in [0.15, 0.2) is 60.9 Å². The maximum Gasteiger partial charge on any atom is 1.00 e. The number of pyridine rings is 1. The minimum Gasteiger partial charge on any atom is -0.543 e. The van der Waals surface area contributed by atoms with Crippen LogP contribution in [0.25, 0.3) is 10.9 Å². The molecule has 0 saturated heterocycles. The number of benzene rings is 2. The Hall–Kier alpha value is -2.09. The summed E-state index contributed by atoms with van der Waals surface area (Å²) in [6.07, 6.45) is 3.17. The number of carboxylic acids is 1. The molecule has 0 radical (unpaired) electrons. The summed E-state index contributed by atoms with van der Waals surface area (Å²) >= 11 is 12.0. The number of carbonyl (C=O) groups is 1. The smallest absolute Gasteiger partial charge is 0.543 e. The molecule has 0 N–H and O–H groups in total. The Morgan fingerprint density at radius 2 is 1.81 bits per heavy atom. The van der Waals surface area contributed by atoms with Gasteiger partial charge in [-0.3, -0.25) is 4.98 Å². The Morgan fingerprint density at radius 1 is 1.06 bits per heavy atom. The molecule has 0 bridgehead atoms. The Kier molecular flexibility index (Phi) is 7.62. The number of fused-ring (bicyclic) bond motifs is 1. The van der Waals surface area contributed by atoms with E-state index in [1.165, 1.54) is 12.3 Å². The van der Waals surface area contributed by atoms with E-state index in [0.29, 0.717) is 38.8 Å². The Bertz CT molecular complexity index is 1260. The van der Waals surface area contributed by atoms with Crippen molar-refractivity contribution >= 4 is 40.1 Å². The van der Waals surface area contributed by atoms with E-state index in [9.17, 15) is 14.3 Å². The van der Waals surface area contributed by atoms with Crippen molar-refractivity contribution in [3.63, 3.8) is 0 Å². The number of rotatable bonds is 6. The fourth-order valence-electron chi connectivity index (χ4n) is 3.21. The zero-order chi connectivity index (χ0) is 21.3. The predicted octanol–water partition coefficient (Wildman–Crippen LogP) is 1.48. The van der Waals surface area contributed by atoms with E-state index in [0.717, 1.165) is 5.56 Å². The van der Waals surface area contributed by atoms with Crippen molar-refractivity contribution in [3.05, 3.63) is 93.6 Å². The van der Waals surface area contributed by atoms with Gasteiger partial charge in [-0.05, 0) is 42.5 Å². The number of aromatic carboxylic acids is 1. The van der Waals surface area contributed by atoms with Gasteiger partial charge in [-0.25, -0.2) is 4.39 Å². The second kappa shape index (κ2) is 10.0. The van der Waals surface area contributed by atoms with Crippen LogP contribution < -0.4 is 39.4 Å². The summed E-state index contributed by atoms with van der Waals surface area (Å²) in [6.45, 7) is 0.377. The van der Waals surface area contributed by atoms with E-state index in [1.807, 2.05) is 4.57 Å². The first-order chi connectivity index (χ1) is 14.4. The molecular formula is C22H14Cl2FN2NaO3. The molecule has 31 heavy (non-hydrogen) atoms. The maximum atomic E-state index is 14.1. The van der Waals surface area contributed by atoms with Gasteiger partial charge in [0.1, 0.15) is 18.2 Å². The van der Waals surface area contributed by atoms with Crippen molar-refractivity contribution < 1.29 is 48.6 Å². The molecule has 9 heteroatoms. The van der Waals surface area contributed by atoms with Crippen LogP contribution in [0.2, 0.25) is 10.0 Å². The van der Waals surface area contributed by atoms with Crippen molar-refractivity contribution in [1.82, 2.24) is 9.55 Å².